The predicted molar refractivity (Wildman–Crippen MR) is 63.3 cm³/mol. The van der Waals surface area contributed by atoms with E-state index in [1.165, 1.54) is 18.2 Å². The molecule has 10 heteroatoms. The van der Waals surface area contributed by atoms with Gasteiger partial charge in [-0.2, -0.15) is 0 Å². The van der Waals surface area contributed by atoms with Crippen LogP contribution in [-0.4, -0.2) is 42.0 Å². The van der Waals surface area contributed by atoms with Crippen LogP contribution in [-0.2, 0) is 15.8 Å². The molecule has 0 saturated carbocycles. The number of aromatic hydroxyl groups is 2. The smallest absolute Gasteiger partial charge is 0.466 e. The Balaban J connectivity index is 0.000000555. The van der Waals surface area contributed by atoms with E-state index in [1.807, 2.05) is 0 Å². The average molecular weight is 295 g/mol. The molecule has 0 saturated heterocycles. The second-order valence-corrected chi connectivity index (χ2v) is 4.51. The van der Waals surface area contributed by atoms with Crippen LogP contribution in [0.2, 0.25) is 0 Å². The first kappa shape index (κ1) is 17.4. The number of rotatable bonds is 3. The second-order valence-electron chi connectivity index (χ2n) is 3.49. The van der Waals surface area contributed by atoms with Crippen LogP contribution in [0.5, 0.6) is 11.5 Å². The van der Waals surface area contributed by atoms with E-state index in [0.717, 1.165) is 0 Å². The third-order valence-electron chi connectivity index (χ3n) is 1.81. The van der Waals surface area contributed by atoms with Crippen LogP contribution in [0.3, 0.4) is 0 Å². The molecule has 1 aromatic carbocycles. The number of nitrogens with two attached hydrogens (primary N) is 1. The standard InChI is InChI=1S/C9H11NO4.H3O4P/c10-6(9(13)14)3-5-1-2-7(11)8(12)4-5;1-5(2,3)4/h1-2,4,6,11-12H,3,10H2,(H,13,14);(H3,1,2,3,4)/t6-;/m1./s1. The summed E-state index contributed by atoms with van der Waals surface area (Å²) in [6, 6.07) is 3.09. The fraction of sp³-hybridized carbons (Fsp3) is 0.222. The van der Waals surface area contributed by atoms with E-state index in [-0.39, 0.29) is 17.9 Å². The molecule has 0 amide bonds. The molecule has 0 aliphatic heterocycles. The van der Waals surface area contributed by atoms with E-state index in [2.05, 4.69) is 0 Å². The van der Waals surface area contributed by atoms with Gasteiger partial charge in [0.2, 0.25) is 0 Å². The Morgan fingerprint density at radius 1 is 1.21 bits per heavy atom. The van der Waals surface area contributed by atoms with Crippen LogP contribution in [0.1, 0.15) is 5.56 Å². The first-order valence-corrected chi connectivity index (χ1v) is 6.34. The van der Waals surface area contributed by atoms with Gasteiger partial charge in [-0.3, -0.25) is 4.79 Å². The van der Waals surface area contributed by atoms with Gasteiger partial charge in [0.1, 0.15) is 6.04 Å². The van der Waals surface area contributed by atoms with Crippen molar-refractivity contribution in [2.45, 2.75) is 12.5 Å². The minimum Gasteiger partial charge on any atom is -0.504 e. The molecule has 0 aliphatic rings. The average Bonchev–Trinajstić information content (AvgIpc) is 2.21. The highest BCUT2D eigenvalue weighted by Gasteiger charge is 2.12. The summed E-state index contributed by atoms with van der Waals surface area (Å²) in [5.74, 6) is -1.62. The zero-order valence-corrected chi connectivity index (χ0v) is 10.4. The number of phenols is 2. The molecule has 1 rings (SSSR count). The Hall–Kier alpha value is -1.64. The lowest BCUT2D eigenvalue weighted by molar-refractivity contribution is -0.138. The molecule has 1 aromatic rings. The third-order valence-corrected chi connectivity index (χ3v) is 1.81. The van der Waals surface area contributed by atoms with E-state index in [4.69, 9.17) is 40.3 Å². The summed E-state index contributed by atoms with van der Waals surface area (Å²) in [7, 11) is -4.64. The van der Waals surface area contributed by atoms with Gasteiger partial charge in [0.25, 0.3) is 0 Å². The number of carboxylic acids is 1. The molecule has 0 radical (unpaired) electrons. The molecule has 0 fully saturated rings. The van der Waals surface area contributed by atoms with E-state index in [9.17, 15) is 4.79 Å². The fourth-order valence-corrected chi connectivity index (χ4v) is 1.04. The van der Waals surface area contributed by atoms with Crippen LogP contribution in [0.25, 0.3) is 0 Å². The summed E-state index contributed by atoms with van der Waals surface area (Å²) in [5.41, 5.74) is 5.86. The number of phosphoric acid groups is 1. The summed E-state index contributed by atoms with van der Waals surface area (Å²) >= 11 is 0. The molecule has 0 unspecified atom stereocenters. The van der Waals surface area contributed by atoms with Crippen LogP contribution >= 0.6 is 7.82 Å². The number of carboxylic acid groups (broad SMARTS) is 1. The lowest BCUT2D eigenvalue weighted by Gasteiger charge is -2.06. The number of carbonyl (C=O) groups is 1. The van der Waals surface area contributed by atoms with Crippen molar-refractivity contribution in [2.24, 2.45) is 5.73 Å². The minimum atomic E-state index is -4.64. The molecule has 0 aliphatic carbocycles. The topological polar surface area (TPSA) is 182 Å². The highest BCUT2D eigenvalue weighted by molar-refractivity contribution is 7.45. The van der Waals surface area contributed by atoms with Gasteiger partial charge in [0.15, 0.2) is 11.5 Å². The van der Waals surface area contributed by atoms with Gasteiger partial charge in [0.05, 0.1) is 0 Å². The van der Waals surface area contributed by atoms with Gasteiger partial charge in [-0.05, 0) is 24.1 Å². The van der Waals surface area contributed by atoms with Crippen molar-refractivity contribution in [2.75, 3.05) is 0 Å². The van der Waals surface area contributed by atoms with Gasteiger partial charge < -0.3 is 35.7 Å². The zero-order chi connectivity index (χ0) is 15.2. The van der Waals surface area contributed by atoms with Crippen molar-refractivity contribution in [1.82, 2.24) is 0 Å². The molecule has 0 bridgehead atoms. The highest BCUT2D eigenvalue weighted by Crippen LogP contribution is 2.26. The predicted octanol–water partition coefficient (Wildman–Crippen LogP) is -0.876. The summed E-state index contributed by atoms with van der Waals surface area (Å²) in [6.45, 7) is 0. The van der Waals surface area contributed by atoms with Crippen molar-refractivity contribution >= 4 is 13.8 Å². The monoisotopic (exact) mass is 295 g/mol. The number of hydrogen-bond donors (Lipinski definition) is 7. The first-order chi connectivity index (χ1) is 8.50. The summed E-state index contributed by atoms with van der Waals surface area (Å²) in [4.78, 5) is 32.0. The number of phenolic OH excluding ortho intramolecular Hbond substituents is 2. The van der Waals surface area contributed by atoms with E-state index >= 15 is 0 Å². The summed E-state index contributed by atoms with van der Waals surface area (Å²) < 4.78 is 8.88. The molecule has 8 N–H and O–H groups in total. The molecule has 1 atom stereocenters. The van der Waals surface area contributed by atoms with Crippen LogP contribution < -0.4 is 5.73 Å². The normalized spacial score (nSPS) is 12.2. The van der Waals surface area contributed by atoms with Gasteiger partial charge in [-0.1, -0.05) is 6.07 Å². The van der Waals surface area contributed by atoms with Crippen LogP contribution in [0.4, 0.5) is 0 Å². The Morgan fingerprint density at radius 2 is 1.68 bits per heavy atom. The molecule has 19 heavy (non-hydrogen) atoms. The molecular weight excluding hydrogens is 281 g/mol. The minimum absolute atomic E-state index is 0.114. The summed E-state index contributed by atoms with van der Waals surface area (Å²) in [6.07, 6.45) is 0.114. The highest BCUT2D eigenvalue weighted by atomic mass is 31.2. The Bertz CT molecular complexity index is 477. The Kier molecular flexibility index (Phi) is 6.46. The zero-order valence-electron chi connectivity index (χ0n) is 9.54. The van der Waals surface area contributed by atoms with Gasteiger partial charge in [-0.25, -0.2) is 4.57 Å². The van der Waals surface area contributed by atoms with Crippen LogP contribution in [0, 0.1) is 0 Å². The maximum atomic E-state index is 10.4. The third kappa shape index (κ3) is 9.00. The second kappa shape index (κ2) is 7.07. The van der Waals surface area contributed by atoms with E-state index in [0.29, 0.717) is 5.56 Å². The van der Waals surface area contributed by atoms with Crippen molar-refractivity contribution in [3.63, 3.8) is 0 Å². The van der Waals surface area contributed by atoms with E-state index in [1.54, 1.807) is 0 Å². The fourth-order valence-electron chi connectivity index (χ4n) is 1.04. The maximum absolute atomic E-state index is 10.4. The lowest BCUT2D eigenvalue weighted by atomic mass is 10.1. The van der Waals surface area contributed by atoms with E-state index < -0.39 is 19.8 Å². The number of benzene rings is 1. The van der Waals surface area contributed by atoms with Crippen molar-refractivity contribution < 1.29 is 39.4 Å². The van der Waals surface area contributed by atoms with Gasteiger partial charge in [0, 0.05) is 0 Å². The molecule has 0 heterocycles. The molecule has 108 valence electrons. The summed E-state index contributed by atoms with van der Waals surface area (Å²) in [5, 5.41) is 26.6. The quantitative estimate of drug-likeness (QED) is 0.275. The lowest BCUT2D eigenvalue weighted by Crippen LogP contribution is -2.32. The Morgan fingerprint density at radius 3 is 2.05 bits per heavy atom. The molecule has 9 nitrogen and oxygen atoms in total. The van der Waals surface area contributed by atoms with Crippen molar-refractivity contribution in [1.29, 1.82) is 0 Å². The van der Waals surface area contributed by atoms with Crippen molar-refractivity contribution in [3.05, 3.63) is 23.8 Å². The van der Waals surface area contributed by atoms with Gasteiger partial charge in [-0.15, -0.1) is 0 Å². The molecule has 0 spiro atoms. The van der Waals surface area contributed by atoms with Crippen LogP contribution in [0.15, 0.2) is 18.2 Å². The van der Waals surface area contributed by atoms with Gasteiger partial charge >= 0.3 is 13.8 Å². The SMILES string of the molecule is N[C@H](Cc1ccc(O)c(O)c1)C(=O)O.O=P(O)(O)O. The number of aliphatic carboxylic acids is 1. The molecule has 0 aromatic heterocycles. The molecular formula is C9H14NO8P. The maximum Gasteiger partial charge on any atom is 0.466 e. The first-order valence-electron chi connectivity index (χ1n) is 4.78. The van der Waals surface area contributed by atoms with Crippen molar-refractivity contribution in [3.8, 4) is 11.5 Å². The Labute approximate surface area is 107 Å². The largest absolute Gasteiger partial charge is 0.504 e. The number of hydrogen-bond acceptors (Lipinski definition) is 5.